The third-order valence-corrected chi connectivity index (χ3v) is 4.94. The van der Waals surface area contributed by atoms with Gasteiger partial charge in [-0.05, 0) is 26.8 Å². The molecule has 0 N–H and O–H groups in total. The predicted molar refractivity (Wildman–Crippen MR) is 101 cm³/mol. The maximum Gasteiger partial charge on any atom is 0.226 e. The van der Waals surface area contributed by atoms with Gasteiger partial charge in [-0.3, -0.25) is 9.58 Å². The number of aryl methyl sites for hydroxylation is 2. The highest BCUT2D eigenvalue weighted by Crippen LogP contribution is 2.19. The molecule has 0 aliphatic carbocycles. The van der Waals surface area contributed by atoms with Crippen LogP contribution in [0.1, 0.15) is 23.9 Å². The molecule has 0 unspecified atom stereocenters. The molecule has 3 heterocycles. The van der Waals surface area contributed by atoms with Crippen LogP contribution in [-0.4, -0.2) is 64.9 Å². The topological polar surface area (TPSA) is 53.3 Å². The Morgan fingerprint density at radius 1 is 1.12 bits per heavy atom. The fourth-order valence-corrected chi connectivity index (χ4v) is 3.36. The summed E-state index contributed by atoms with van der Waals surface area (Å²) in [5.41, 5.74) is 3.84. The van der Waals surface area contributed by atoms with Crippen LogP contribution >= 0.6 is 0 Å². The lowest BCUT2D eigenvalue weighted by molar-refractivity contribution is 0.248. The molecule has 1 saturated heterocycles. The molecule has 3 rings (SSSR count). The van der Waals surface area contributed by atoms with E-state index in [-0.39, 0.29) is 0 Å². The SMILES string of the molecule is CCn1nc(C)c(CN2CCN(c3ccnc(N(C)C)n3)CC2)c1C. The molecule has 7 heteroatoms. The fraction of sp³-hybridized carbons (Fsp3) is 0.611. The zero-order valence-corrected chi connectivity index (χ0v) is 16.0. The average Bonchev–Trinajstić information content (AvgIpc) is 2.90. The van der Waals surface area contributed by atoms with Crippen molar-refractivity contribution in [3.05, 3.63) is 29.2 Å². The Hall–Kier alpha value is -2.15. The highest BCUT2D eigenvalue weighted by Gasteiger charge is 2.21. The van der Waals surface area contributed by atoms with Crippen molar-refractivity contribution in [2.75, 3.05) is 50.1 Å². The van der Waals surface area contributed by atoms with Crippen LogP contribution in [0.4, 0.5) is 11.8 Å². The van der Waals surface area contributed by atoms with Crippen molar-refractivity contribution in [2.45, 2.75) is 33.9 Å². The van der Waals surface area contributed by atoms with Crippen LogP contribution in [0.15, 0.2) is 12.3 Å². The van der Waals surface area contributed by atoms with Crippen LogP contribution in [0.2, 0.25) is 0 Å². The van der Waals surface area contributed by atoms with Gasteiger partial charge in [-0.2, -0.15) is 10.1 Å². The maximum atomic E-state index is 4.66. The molecule has 0 radical (unpaired) electrons. The van der Waals surface area contributed by atoms with E-state index < -0.39 is 0 Å². The number of hydrogen-bond acceptors (Lipinski definition) is 6. The van der Waals surface area contributed by atoms with Crippen molar-refractivity contribution in [3.8, 4) is 0 Å². The summed E-state index contributed by atoms with van der Waals surface area (Å²) in [6, 6.07) is 2.00. The first-order valence-electron chi connectivity index (χ1n) is 9.00. The average molecular weight is 343 g/mol. The van der Waals surface area contributed by atoms with Crippen LogP contribution in [0, 0.1) is 13.8 Å². The van der Waals surface area contributed by atoms with E-state index in [9.17, 15) is 0 Å². The van der Waals surface area contributed by atoms with Gasteiger partial charge in [-0.1, -0.05) is 0 Å². The van der Waals surface area contributed by atoms with Crippen molar-refractivity contribution < 1.29 is 0 Å². The number of hydrogen-bond donors (Lipinski definition) is 0. The number of aromatic nitrogens is 4. The molecule has 0 bridgehead atoms. The lowest BCUT2D eigenvalue weighted by Crippen LogP contribution is -2.46. The van der Waals surface area contributed by atoms with E-state index in [0.717, 1.165) is 56.7 Å². The number of piperazine rings is 1. The largest absolute Gasteiger partial charge is 0.354 e. The first kappa shape index (κ1) is 17.7. The van der Waals surface area contributed by atoms with Crippen molar-refractivity contribution in [3.63, 3.8) is 0 Å². The summed E-state index contributed by atoms with van der Waals surface area (Å²) in [5.74, 6) is 1.78. The van der Waals surface area contributed by atoms with Crippen molar-refractivity contribution in [1.29, 1.82) is 0 Å². The molecular weight excluding hydrogens is 314 g/mol. The summed E-state index contributed by atoms with van der Waals surface area (Å²) in [7, 11) is 3.94. The van der Waals surface area contributed by atoms with E-state index in [1.54, 1.807) is 0 Å². The summed E-state index contributed by atoms with van der Waals surface area (Å²) < 4.78 is 2.10. The highest BCUT2D eigenvalue weighted by molar-refractivity contribution is 5.43. The molecule has 7 nitrogen and oxygen atoms in total. The molecule has 0 aromatic carbocycles. The van der Waals surface area contributed by atoms with Gasteiger partial charge in [0.25, 0.3) is 0 Å². The lowest BCUT2D eigenvalue weighted by atomic mass is 10.1. The second-order valence-electron chi connectivity index (χ2n) is 6.84. The van der Waals surface area contributed by atoms with Crippen molar-refractivity contribution in [1.82, 2.24) is 24.6 Å². The van der Waals surface area contributed by atoms with Gasteiger partial charge >= 0.3 is 0 Å². The zero-order valence-electron chi connectivity index (χ0n) is 16.0. The Kier molecular flexibility index (Phi) is 5.22. The molecule has 0 spiro atoms. The van der Waals surface area contributed by atoms with Gasteiger partial charge in [0, 0.05) is 70.8 Å². The summed E-state index contributed by atoms with van der Waals surface area (Å²) in [5, 5.41) is 4.64. The maximum absolute atomic E-state index is 4.66. The minimum atomic E-state index is 0.762. The third-order valence-electron chi connectivity index (χ3n) is 4.94. The molecule has 0 amide bonds. The van der Waals surface area contributed by atoms with E-state index in [1.165, 1.54) is 11.3 Å². The Labute approximate surface area is 150 Å². The van der Waals surface area contributed by atoms with E-state index in [4.69, 9.17) is 0 Å². The smallest absolute Gasteiger partial charge is 0.226 e. The summed E-state index contributed by atoms with van der Waals surface area (Å²) in [6.07, 6.45) is 1.84. The fourth-order valence-electron chi connectivity index (χ4n) is 3.36. The minimum Gasteiger partial charge on any atom is -0.354 e. The Morgan fingerprint density at radius 3 is 2.44 bits per heavy atom. The van der Waals surface area contributed by atoms with Crippen LogP contribution in [0.5, 0.6) is 0 Å². The predicted octanol–water partition coefficient (Wildman–Crippen LogP) is 1.70. The molecule has 2 aromatic heterocycles. The van der Waals surface area contributed by atoms with E-state index >= 15 is 0 Å². The molecule has 0 atom stereocenters. The van der Waals surface area contributed by atoms with E-state index in [0.29, 0.717) is 0 Å². The van der Waals surface area contributed by atoms with Gasteiger partial charge in [-0.25, -0.2) is 4.98 Å². The first-order chi connectivity index (χ1) is 12.0. The van der Waals surface area contributed by atoms with Gasteiger partial charge in [0.2, 0.25) is 5.95 Å². The van der Waals surface area contributed by atoms with Crippen molar-refractivity contribution in [2.24, 2.45) is 0 Å². The van der Waals surface area contributed by atoms with Crippen LogP contribution < -0.4 is 9.80 Å². The summed E-state index contributed by atoms with van der Waals surface area (Å²) >= 11 is 0. The summed E-state index contributed by atoms with van der Waals surface area (Å²) in [4.78, 5) is 15.8. The minimum absolute atomic E-state index is 0.762. The van der Waals surface area contributed by atoms with Crippen LogP contribution in [0.25, 0.3) is 0 Å². The van der Waals surface area contributed by atoms with Gasteiger partial charge in [0.05, 0.1) is 5.69 Å². The highest BCUT2D eigenvalue weighted by atomic mass is 15.3. The van der Waals surface area contributed by atoms with Gasteiger partial charge in [0.15, 0.2) is 0 Å². The summed E-state index contributed by atoms with van der Waals surface area (Å²) in [6.45, 7) is 12.4. The Balaban J connectivity index is 1.63. The van der Waals surface area contributed by atoms with Gasteiger partial charge in [-0.15, -0.1) is 0 Å². The number of nitrogens with zero attached hydrogens (tertiary/aromatic N) is 7. The Morgan fingerprint density at radius 2 is 1.84 bits per heavy atom. The monoisotopic (exact) mass is 343 g/mol. The van der Waals surface area contributed by atoms with E-state index in [2.05, 4.69) is 50.3 Å². The Bertz CT molecular complexity index is 714. The van der Waals surface area contributed by atoms with Crippen LogP contribution in [-0.2, 0) is 13.1 Å². The second-order valence-corrected chi connectivity index (χ2v) is 6.84. The van der Waals surface area contributed by atoms with Crippen LogP contribution in [0.3, 0.4) is 0 Å². The third kappa shape index (κ3) is 3.76. The van der Waals surface area contributed by atoms with Gasteiger partial charge in [0.1, 0.15) is 5.82 Å². The normalized spacial score (nSPS) is 15.6. The van der Waals surface area contributed by atoms with Gasteiger partial charge < -0.3 is 9.80 Å². The molecule has 136 valence electrons. The molecule has 0 saturated carbocycles. The number of anilines is 2. The molecular formula is C18H29N7. The lowest BCUT2D eigenvalue weighted by Gasteiger charge is -2.35. The quantitative estimate of drug-likeness (QED) is 0.824. The second kappa shape index (κ2) is 7.39. The molecule has 1 fully saturated rings. The van der Waals surface area contributed by atoms with E-state index in [1.807, 2.05) is 31.3 Å². The molecule has 1 aliphatic heterocycles. The first-order valence-corrected chi connectivity index (χ1v) is 9.00. The molecule has 25 heavy (non-hydrogen) atoms. The molecule has 2 aromatic rings. The zero-order chi connectivity index (χ0) is 18.0. The standard InChI is InChI=1S/C18H29N7/c1-6-25-15(3)16(14(2)21-25)13-23-9-11-24(12-10-23)17-7-8-19-18(20-17)22(4)5/h7-8H,6,9-13H2,1-5H3. The molecule has 1 aliphatic rings. The van der Waals surface area contributed by atoms with Crippen molar-refractivity contribution >= 4 is 11.8 Å². The number of rotatable bonds is 5.